The van der Waals surface area contributed by atoms with E-state index in [0.29, 0.717) is 12.2 Å². The van der Waals surface area contributed by atoms with Crippen molar-refractivity contribution in [2.75, 3.05) is 31.6 Å². The van der Waals surface area contributed by atoms with Crippen molar-refractivity contribution in [2.45, 2.75) is 12.5 Å². The Balaban J connectivity index is 1.77. The molecule has 17 heavy (non-hydrogen) atoms. The predicted molar refractivity (Wildman–Crippen MR) is 62.1 cm³/mol. The summed E-state index contributed by atoms with van der Waals surface area (Å²) in [4.78, 5) is 0. The monoisotopic (exact) mass is 242 g/mol. The molecule has 2 rings (SSSR count). The van der Waals surface area contributed by atoms with Gasteiger partial charge in [-0.05, 0) is 18.6 Å². The summed E-state index contributed by atoms with van der Waals surface area (Å²) in [6, 6.07) is 3.52. The van der Waals surface area contributed by atoms with Crippen LogP contribution in [0, 0.1) is 11.6 Å². The van der Waals surface area contributed by atoms with Crippen LogP contribution in [0.1, 0.15) is 6.42 Å². The molecule has 5 heteroatoms. The zero-order valence-electron chi connectivity index (χ0n) is 9.51. The fraction of sp³-hybridized carbons (Fsp3) is 0.500. The Kier molecular flexibility index (Phi) is 4.28. The minimum absolute atomic E-state index is 0.166. The van der Waals surface area contributed by atoms with Crippen LogP contribution in [-0.4, -0.2) is 32.3 Å². The molecule has 0 aromatic heterocycles. The van der Waals surface area contributed by atoms with Crippen molar-refractivity contribution in [3.63, 3.8) is 0 Å². The van der Waals surface area contributed by atoms with E-state index in [1.807, 2.05) is 0 Å². The average Bonchev–Trinajstić information content (AvgIpc) is 2.33. The molecule has 1 aromatic carbocycles. The molecule has 1 aromatic rings. The minimum Gasteiger partial charge on any atom is -0.383 e. The van der Waals surface area contributed by atoms with Crippen LogP contribution < -0.4 is 10.6 Å². The third-order valence-corrected chi connectivity index (χ3v) is 2.72. The van der Waals surface area contributed by atoms with Gasteiger partial charge in [-0.15, -0.1) is 0 Å². The van der Waals surface area contributed by atoms with Crippen LogP contribution in [0.5, 0.6) is 0 Å². The summed E-state index contributed by atoms with van der Waals surface area (Å²) < 4.78 is 31.4. The van der Waals surface area contributed by atoms with Crippen LogP contribution in [0.4, 0.5) is 14.5 Å². The van der Waals surface area contributed by atoms with Crippen LogP contribution in [0.3, 0.4) is 0 Å². The van der Waals surface area contributed by atoms with E-state index in [0.717, 1.165) is 32.2 Å². The van der Waals surface area contributed by atoms with Crippen molar-refractivity contribution in [2.24, 2.45) is 0 Å². The van der Waals surface area contributed by atoms with Gasteiger partial charge in [-0.3, -0.25) is 0 Å². The first kappa shape index (κ1) is 12.3. The van der Waals surface area contributed by atoms with Gasteiger partial charge < -0.3 is 15.4 Å². The fourth-order valence-corrected chi connectivity index (χ4v) is 1.81. The van der Waals surface area contributed by atoms with Gasteiger partial charge in [0.1, 0.15) is 11.6 Å². The summed E-state index contributed by atoms with van der Waals surface area (Å²) in [6.07, 6.45) is 0.962. The molecule has 94 valence electrons. The van der Waals surface area contributed by atoms with E-state index in [9.17, 15) is 8.78 Å². The van der Waals surface area contributed by atoms with Gasteiger partial charge in [0.05, 0.1) is 18.4 Å². The molecule has 3 nitrogen and oxygen atoms in total. The van der Waals surface area contributed by atoms with Crippen LogP contribution in [0.2, 0.25) is 0 Å². The van der Waals surface area contributed by atoms with Crippen LogP contribution in [-0.2, 0) is 4.74 Å². The summed E-state index contributed by atoms with van der Waals surface area (Å²) in [5.74, 6) is -1.12. The molecule has 1 aliphatic rings. The summed E-state index contributed by atoms with van der Waals surface area (Å²) in [7, 11) is 0. The molecule has 0 spiro atoms. The third-order valence-electron chi connectivity index (χ3n) is 2.72. The van der Waals surface area contributed by atoms with Gasteiger partial charge in [0.25, 0.3) is 0 Å². The number of benzene rings is 1. The second kappa shape index (κ2) is 5.93. The lowest BCUT2D eigenvalue weighted by atomic mass is 10.2. The SMILES string of the molecule is Fc1ccc(NCCC2CNCCO2)c(F)c1. The van der Waals surface area contributed by atoms with Gasteiger partial charge in [-0.25, -0.2) is 8.78 Å². The lowest BCUT2D eigenvalue weighted by molar-refractivity contribution is 0.0258. The number of rotatable bonds is 4. The summed E-state index contributed by atoms with van der Waals surface area (Å²) in [5, 5.41) is 6.16. The van der Waals surface area contributed by atoms with E-state index in [1.54, 1.807) is 0 Å². The van der Waals surface area contributed by atoms with Crippen LogP contribution in [0.25, 0.3) is 0 Å². The van der Waals surface area contributed by atoms with Crippen molar-refractivity contribution in [1.29, 1.82) is 0 Å². The normalized spacial score (nSPS) is 20.2. The Bertz CT molecular complexity index is 368. The molecular formula is C12H16F2N2O. The van der Waals surface area contributed by atoms with Gasteiger partial charge in [-0.2, -0.15) is 0 Å². The average molecular weight is 242 g/mol. The maximum atomic E-state index is 13.3. The van der Waals surface area contributed by atoms with Gasteiger partial charge >= 0.3 is 0 Å². The van der Waals surface area contributed by atoms with Crippen molar-refractivity contribution in [3.05, 3.63) is 29.8 Å². The lowest BCUT2D eigenvalue weighted by Crippen LogP contribution is -2.39. The first-order valence-electron chi connectivity index (χ1n) is 5.77. The molecular weight excluding hydrogens is 226 g/mol. The minimum atomic E-state index is -0.562. The number of hydrogen-bond acceptors (Lipinski definition) is 3. The smallest absolute Gasteiger partial charge is 0.149 e. The quantitative estimate of drug-likeness (QED) is 0.844. The van der Waals surface area contributed by atoms with Gasteiger partial charge in [-0.1, -0.05) is 0 Å². The number of morpholine rings is 1. The largest absolute Gasteiger partial charge is 0.383 e. The van der Waals surface area contributed by atoms with E-state index in [4.69, 9.17) is 4.74 Å². The van der Waals surface area contributed by atoms with E-state index in [-0.39, 0.29) is 6.10 Å². The molecule has 1 fully saturated rings. The standard InChI is InChI=1S/C12H16F2N2O/c13-9-1-2-12(11(14)7-9)16-4-3-10-8-15-5-6-17-10/h1-2,7,10,15-16H,3-6,8H2. The number of halogens is 2. The number of hydrogen-bond donors (Lipinski definition) is 2. The molecule has 1 aliphatic heterocycles. The van der Waals surface area contributed by atoms with Crippen molar-refractivity contribution in [1.82, 2.24) is 5.32 Å². The van der Waals surface area contributed by atoms with E-state index >= 15 is 0 Å². The van der Waals surface area contributed by atoms with Gasteiger partial charge in [0, 0.05) is 25.7 Å². The molecule has 1 unspecified atom stereocenters. The van der Waals surface area contributed by atoms with Crippen LogP contribution >= 0.6 is 0 Å². The Hall–Kier alpha value is -1.20. The molecule has 1 atom stereocenters. The molecule has 0 saturated carbocycles. The maximum Gasteiger partial charge on any atom is 0.149 e. The number of ether oxygens (including phenoxy) is 1. The molecule has 0 bridgehead atoms. The molecule has 0 amide bonds. The first-order chi connectivity index (χ1) is 8.25. The topological polar surface area (TPSA) is 33.3 Å². The summed E-state index contributed by atoms with van der Waals surface area (Å²) >= 11 is 0. The molecule has 1 saturated heterocycles. The Labute approximate surface area is 99.2 Å². The first-order valence-corrected chi connectivity index (χ1v) is 5.77. The maximum absolute atomic E-state index is 13.3. The summed E-state index contributed by atoms with van der Waals surface area (Å²) in [6.45, 7) is 3.04. The molecule has 1 heterocycles. The Morgan fingerprint density at radius 3 is 3.00 bits per heavy atom. The number of anilines is 1. The highest BCUT2D eigenvalue weighted by atomic mass is 19.1. The summed E-state index contributed by atoms with van der Waals surface area (Å²) in [5.41, 5.74) is 0.329. The number of nitrogens with one attached hydrogen (secondary N) is 2. The Morgan fingerprint density at radius 2 is 2.29 bits per heavy atom. The third kappa shape index (κ3) is 3.64. The molecule has 0 aliphatic carbocycles. The van der Waals surface area contributed by atoms with E-state index in [2.05, 4.69) is 10.6 Å². The highest BCUT2D eigenvalue weighted by molar-refractivity contribution is 5.44. The highest BCUT2D eigenvalue weighted by Crippen LogP contribution is 2.15. The van der Waals surface area contributed by atoms with E-state index in [1.165, 1.54) is 12.1 Å². The zero-order valence-corrected chi connectivity index (χ0v) is 9.51. The highest BCUT2D eigenvalue weighted by Gasteiger charge is 2.12. The predicted octanol–water partition coefficient (Wildman–Crippen LogP) is 1.76. The second-order valence-electron chi connectivity index (χ2n) is 4.04. The van der Waals surface area contributed by atoms with Crippen LogP contribution in [0.15, 0.2) is 18.2 Å². The van der Waals surface area contributed by atoms with Crippen molar-refractivity contribution < 1.29 is 13.5 Å². The molecule has 0 radical (unpaired) electrons. The Morgan fingerprint density at radius 1 is 1.41 bits per heavy atom. The zero-order chi connectivity index (χ0) is 12.1. The van der Waals surface area contributed by atoms with Crippen molar-refractivity contribution >= 4 is 5.69 Å². The fourth-order valence-electron chi connectivity index (χ4n) is 1.81. The lowest BCUT2D eigenvalue weighted by Gasteiger charge is -2.23. The van der Waals surface area contributed by atoms with E-state index < -0.39 is 11.6 Å². The molecule has 2 N–H and O–H groups in total. The van der Waals surface area contributed by atoms with Gasteiger partial charge in [0.2, 0.25) is 0 Å². The van der Waals surface area contributed by atoms with Gasteiger partial charge in [0.15, 0.2) is 0 Å². The second-order valence-corrected chi connectivity index (χ2v) is 4.04. The van der Waals surface area contributed by atoms with Crippen molar-refractivity contribution in [3.8, 4) is 0 Å².